The van der Waals surface area contributed by atoms with E-state index in [1.165, 1.54) is 5.56 Å². The van der Waals surface area contributed by atoms with E-state index in [4.69, 9.17) is 4.74 Å². The Bertz CT molecular complexity index is 318. The molecule has 1 aromatic rings. The van der Waals surface area contributed by atoms with Crippen LogP contribution in [0, 0.1) is 0 Å². The van der Waals surface area contributed by atoms with Crippen LogP contribution in [0.15, 0.2) is 16.8 Å². The van der Waals surface area contributed by atoms with Gasteiger partial charge in [0.1, 0.15) is 0 Å². The molecule has 1 aromatic heterocycles. The highest BCUT2D eigenvalue weighted by molar-refractivity contribution is 7.07. The van der Waals surface area contributed by atoms with Gasteiger partial charge in [0.2, 0.25) is 0 Å². The van der Waals surface area contributed by atoms with Crippen molar-refractivity contribution in [1.82, 2.24) is 10.2 Å². The maximum absolute atomic E-state index is 5.40. The Hall–Kier alpha value is -0.420. The van der Waals surface area contributed by atoms with E-state index < -0.39 is 0 Å². The summed E-state index contributed by atoms with van der Waals surface area (Å²) in [5, 5.41) is 7.88. The largest absolute Gasteiger partial charge is 0.379 e. The Balaban J connectivity index is 1.76. The zero-order chi connectivity index (χ0) is 12.1. The molecule has 0 saturated carbocycles. The van der Waals surface area contributed by atoms with Gasteiger partial charge in [-0.3, -0.25) is 4.90 Å². The maximum Gasteiger partial charge on any atom is 0.0594 e. The molecular weight excluding hydrogens is 232 g/mol. The number of ether oxygens (including phenoxy) is 1. The molecule has 4 heteroatoms. The van der Waals surface area contributed by atoms with Crippen molar-refractivity contribution >= 4 is 11.3 Å². The molecule has 17 heavy (non-hydrogen) atoms. The van der Waals surface area contributed by atoms with E-state index >= 15 is 0 Å². The molecule has 0 spiro atoms. The van der Waals surface area contributed by atoms with Gasteiger partial charge < -0.3 is 10.1 Å². The van der Waals surface area contributed by atoms with Gasteiger partial charge in [-0.25, -0.2) is 0 Å². The first-order valence-corrected chi connectivity index (χ1v) is 7.17. The van der Waals surface area contributed by atoms with E-state index in [2.05, 4.69) is 40.9 Å². The van der Waals surface area contributed by atoms with Gasteiger partial charge in [-0.1, -0.05) is 0 Å². The predicted molar refractivity (Wildman–Crippen MR) is 72.5 cm³/mol. The van der Waals surface area contributed by atoms with Crippen molar-refractivity contribution in [3.63, 3.8) is 0 Å². The van der Waals surface area contributed by atoms with Crippen molar-refractivity contribution in [3.8, 4) is 0 Å². The molecule has 2 heterocycles. The molecule has 0 unspecified atom stereocenters. The second-order valence-electron chi connectivity index (χ2n) is 5.15. The zero-order valence-electron chi connectivity index (χ0n) is 10.7. The minimum atomic E-state index is 0.208. The van der Waals surface area contributed by atoms with Gasteiger partial charge in [0.15, 0.2) is 0 Å². The molecule has 3 nitrogen and oxygen atoms in total. The number of rotatable bonds is 5. The Morgan fingerprint density at radius 2 is 2.18 bits per heavy atom. The molecule has 96 valence electrons. The minimum Gasteiger partial charge on any atom is -0.379 e. The highest BCUT2D eigenvalue weighted by atomic mass is 32.1. The fraction of sp³-hybridized carbons (Fsp3) is 0.692. The molecule has 1 aliphatic heterocycles. The van der Waals surface area contributed by atoms with E-state index in [0.717, 1.165) is 39.4 Å². The summed E-state index contributed by atoms with van der Waals surface area (Å²) < 4.78 is 5.40. The van der Waals surface area contributed by atoms with Crippen LogP contribution in [0.5, 0.6) is 0 Å². The van der Waals surface area contributed by atoms with Crippen LogP contribution >= 0.6 is 11.3 Å². The second kappa shape index (κ2) is 5.96. The van der Waals surface area contributed by atoms with Crippen molar-refractivity contribution in [3.05, 3.63) is 22.4 Å². The molecule has 0 aromatic carbocycles. The van der Waals surface area contributed by atoms with Crippen molar-refractivity contribution in [1.29, 1.82) is 0 Å². The third-order valence-corrected chi connectivity index (χ3v) is 4.07. The summed E-state index contributed by atoms with van der Waals surface area (Å²) >= 11 is 1.76. The lowest BCUT2D eigenvalue weighted by Gasteiger charge is -2.41. The van der Waals surface area contributed by atoms with E-state index in [1.54, 1.807) is 11.3 Å². The molecule has 2 rings (SSSR count). The molecule has 0 aliphatic carbocycles. The Morgan fingerprint density at radius 3 is 2.82 bits per heavy atom. The first-order valence-electron chi connectivity index (χ1n) is 6.23. The van der Waals surface area contributed by atoms with Gasteiger partial charge in [0.25, 0.3) is 0 Å². The summed E-state index contributed by atoms with van der Waals surface area (Å²) in [7, 11) is 0. The van der Waals surface area contributed by atoms with Crippen LogP contribution in [0.4, 0.5) is 0 Å². The number of morpholine rings is 1. The average molecular weight is 254 g/mol. The summed E-state index contributed by atoms with van der Waals surface area (Å²) in [6, 6.07) is 2.18. The topological polar surface area (TPSA) is 24.5 Å². The number of hydrogen-bond donors (Lipinski definition) is 1. The predicted octanol–water partition coefficient (Wildman–Crippen LogP) is 1.95. The molecule has 1 aliphatic rings. The third-order valence-electron chi connectivity index (χ3n) is 3.33. The van der Waals surface area contributed by atoms with Gasteiger partial charge in [0.05, 0.1) is 13.2 Å². The van der Waals surface area contributed by atoms with Gasteiger partial charge in [-0.05, 0) is 36.2 Å². The van der Waals surface area contributed by atoms with Crippen molar-refractivity contribution in [2.45, 2.75) is 25.9 Å². The lowest BCUT2D eigenvalue weighted by atomic mass is 10.0. The lowest BCUT2D eigenvalue weighted by Crippen LogP contribution is -2.54. The smallest absolute Gasteiger partial charge is 0.0594 e. The minimum absolute atomic E-state index is 0.208. The van der Waals surface area contributed by atoms with E-state index in [1.807, 2.05) is 0 Å². The van der Waals surface area contributed by atoms with E-state index in [9.17, 15) is 0 Å². The van der Waals surface area contributed by atoms with E-state index in [0.29, 0.717) is 0 Å². The van der Waals surface area contributed by atoms with Crippen LogP contribution in [0.3, 0.4) is 0 Å². The molecular formula is C13H22N2OS. The quantitative estimate of drug-likeness (QED) is 0.869. The van der Waals surface area contributed by atoms with Crippen molar-refractivity contribution in [2.24, 2.45) is 0 Å². The summed E-state index contributed by atoms with van der Waals surface area (Å²) in [5.74, 6) is 0. The summed E-state index contributed by atoms with van der Waals surface area (Å²) in [4.78, 5) is 2.51. The fourth-order valence-electron chi connectivity index (χ4n) is 2.19. The molecule has 1 fully saturated rings. The van der Waals surface area contributed by atoms with Crippen LogP contribution in [-0.4, -0.2) is 43.3 Å². The standard InChI is InChI=1S/C13H22N2OS/c1-13(2,15-4-6-16-7-5-15)11-14-9-12-3-8-17-10-12/h3,8,10,14H,4-7,9,11H2,1-2H3. The van der Waals surface area contributed by atoms with Crippen LogP contribution in [-0.2, 0) is 11.3 Å². The first kappa shape index (κ1) is 13.0. The molecule has 1 saturated heterocycles. The normalized spacial score (nSPS) is 18.5. The summed E-state index contributed by atoms with van der Waals surface area (Å²) in [6.07, 6.45) is 0. The molecule has 0 radical (unpaired) electrons. The molecule has 1 N–H and O–H groups in total. The highest BCUT2D eigenvalue weighted by Gasteiger charge is 2.27. The van der Waals surface area contributed by atoms with Gasteiger partial charge in [0, 0.05) is 31.7 Å². The highest BCUT2D eigenvalue weighted by Crippen LogP contribution is 2.15. The van der Waals surface area contributed by atoms with Crippen molar-refractivity contribution < 1.29 is 4.74 Å². The van der Waals surface area contributed by atoms with Gasteiger partial charge in [-0.2, -0.15) is 11.3 Å². The third kappa shape index (κ3) is 3.78. The SMILES string of the molecule is CC(C)(CNCc1ccsc1)N1CCOCC1. The first-order chi connectivity index (χ1) is 8.18. The Labute approximate surface area is 108 Å². The Morgan fingerprint density at radius 1 is 1.41 bits per heavy atom. The number of nitrogens with one attached hydrogen (secondary N) is 1. The van der Waals surface area contributed by atoms with E-state index in [-0.39, 0.29) is 5.54 Å². The number of nitrogens with zero attached hydrogens (tertiary/aromatic N) is 1. The fourth-order valence-corrected chi connectivity index (χ4v) is 2.86. The summed E-state index contributed by atoms with van der Waals surface area (Å²) in [6.45, 7) is 10.4. The zero-order valence-corrected chi connectivity index (χ0v) is 11.6. The van der Waals surface area contributed by atoms with Crippen LogP contribution < -0.4 is 5.32 Å². The molecule has 0 atom stereocenters. The monoisotopic (exact) mass is 254 g/mol. The summed E-state index contributed by atoms with van der Waals surface area (Å²) in [5.41, 5.74) is 1.59. The number of thiophene rings is 1. The lowest BCUT2D eigenvalue weighted by molar-refractivity contribution is -0.00966. The van der Waals surface area contributed by atoms with Crippen LogP contribution in [0.1, 0.15) is 19.4 Å². The molecule has 0 amide bonds. The van der Waals surface area contributed by atoms with Gasteiger partial charge in [-0.15, -0.1) is 0 Å². The maximum atomic E-state index is 5.40. The second-order valence-corrected chi connectivity index (χ2v) is 5.93. The Kier molecular flexibility index (Phi) is 4.56. The van der Waals surface area contributed by atoms with Crippen molar-refractivity contribution in [2.75, 3.05) is 32.8 Å². The molecule has 0 bridgehead atoms. The number of hydrogen-bond acceptors (Lipinski definition) is 4. The van der Waals surface area contributed by atoms with Gasteiger partial charge >= 0.3 is 0 Å². The van der Waals surface area contributed by atoms with Crippen LogP contribution in [0.2, 0.25) is 0 Å². The van der Waals surface area contributed by atoms with Crippen LogP contribution in [0.25, 0.3) is 0 Å². The average Bonchev–Trinajstić information content (AvgIpc) is 2.83.